The Hall–Kier alpha value is -2.08. The fraction of sp³-hybridized carbons (Fsp3) is 0.308. The van der Waals surface area contributed by atoms with Crippen LogP contribution >= 0.6 is 11.6 Å². The van der Waals surface area contributed by atoms with Gasteiger partial charge >= 0.3 is 11.9 Å². The highest BCUT2D eigenvalue weighted by atomic mass is 35.5. The highest BCUT2D eigenvalue weighted by molar-refractivity contribution is 6.33. The Bertz CT molecular complexity index is 545. The van der Waals surface area contributed by atoms with Gasteiger partial charge in [-0.1, -0.05) is 23.7 Å². The zero-order chi connectivity index (χ0) is 14.5. The first-order valence-electron chi connectivity index (χ1n) is 5.97. The lowest BCUT2D eigenvalue weighted by Gasteiger charge is -2.09. The standard InChI is InChI=1S/C13H12ClNO5/c14-9-4-2-1-3-8(9)12(17)15-7-11(16)20-10-5-6-19-13(10)18/h1-4,10H,5-7H2,(H,15,17)/t10-/m1/s1. The molecule has 0 unspecified atom stereocenters. The SMILES string of the molecule is O=C(CNC(=O)c1ccccc1Cl)O[C@@H]1CCOC1=O. The molecule has 0 saturated carbocycles. The molecule has 0 bridgehead atoms. The maximum absolute atomic E-state index is 11.8. The van der Waals surface area contributed by atoms with Crippen LogP contribution in [-0.2, 0) is 19.1 Å². The molecular formula is C13H12ClNO5. The molecule has 1 aliphatic heterocycles. The lowest BCUT2D eigenvalue weighted by molar-refractivity contribution is -0.159. The minimum absolute atomic E-state index is 0.239. The van der Waals surface area contributed by atoms with Crippen molar-refractivity contribution < 1.29 is 23.9 Å². The number of amides is 1. The predicted molar refractivity (Wildman–Crippen MR) is 69.2 cm³/mol. The molecule has 106 valence electrons. The second-order valence-corrected chi connectivity index (χ2v) is 4.50. The third-order valence-corrected chi connectivity index (χ3v) is 3.00. The van der Waals surface area contributed by atoms with E-state index in [1.165, 1.54) is 6.07 Å². The van der Waals surface area contributed by atoms with Crippen molar-refractivity contribution in [1.82, 2.24) is 5.32 Å². The number of hydrogen-bond acceptors (Lipinski definition) is 5. The van der Waals surface area contributed by atoms with E-state index >= 15 is 0 Å². The van der Waals surface area contributed by atoms with Gasteiger partial charge in [0.25, 0.3) is 5.91 Å². The fourth-order valence-corrected chi connectivity index (χ4v) is 1.90. The van der Waals surface area contributed by atoms with Gasteiger partial charge in [0.2, 0.25) is 6.10 Å². The molecule has 1 fully saturated rings. The third-order valence-electron chi connectivity index (χ3n) is 2.67. The average Bonchev–Trinajstić information content (AvgIpc) is 2.82. The van der Waals surface area contributed by atoms with Gasteiger partial charge < -0.3 is 14.8 Å². The monoisotopic (exact) mass is 297 g/mol. The van der Waals surface area contributed by atoms with Crippen molar-refractivity contribution in [3.63, 3.8) is 0 Å². The van der Waals surface area contributed by atoms with Crippen molar-refractivity contribution in [3.8, 4) is 0 Å². The van der Waals surface area contributed by atoms with Gasteiger partial charge in [-0.3, -0.25) is 9.59 Å². The van der Waals surface area contributed by atoms with E-state index in [9.17, 15) is 14.4 Å². The molecule has 7 heteroatoms. The zero-order valence-corrected chi connectivity index (χ0v) is 11.2. The second-order valence-electron chi connectivity index (χ2n) is 4.10. The maximum atomic E-state index is 11.8. The van der Waals surface area contributed by atoms with Crippen molar-refractivity contribution in [2.24, 2.45) is 0 Å². The summed E-state index contributed by atoms with van der Waals surface area (Å²) in [5.41, 5.74) is 0.266. The Morgan fingerprint density at radius 1 is 1.40 bits per heavy atom. The third kappa shape index (κ3) is 3.48. The van der Waals surface area contributed by atoms with Gasteiger partial charge in [0.15, 0.2) is 0 Å². The lowest BCUT2D eigenvalue weighted by atomic mass is 10.2. The number of carbonyl (C=O) groups excluding carboxylic acids is 3. The number of benzene rings is 1. The van der Waals surface area contributed by atoms with Crippen LogP contribution < -0.4 is 5.32 Å². The number of carbonyl (C=O) groups is 3. The van der Waals surface area contributed by atoms with Crippen LogP contribution in [0.3, 0.4) is 0 Å². The van der Waals surface area contributed by atoms with Crippen LogP contribution in [0.4, 0.5) is 0 Å². The lowest BCUT2D eigenvalue weighted by Crippen LogP contribution is -2.33. The normalized spacial score (nSPS) is 17.4. The summed E-state index contributed by atoms with van der Waals surface area (Å²) in [5.74, 6) is -1.74. The van der Waals surface area contributed by atoms with E-state index < -0.39 is 23.9 Å². The van der Waals surface area contributed by atoms with Crippen molar-refractivity contribution in [1.29, 1.82) is 0 Å². The second kappa shape index (κ2) is 6.38. The molecule has 1 aromatic rings. The number of ether oxygens (including phenoxy) is 2. The number of rotatable bonds is 4. The summed E-state index contributed by atoms with van der Waals surface area (Å²) in [6.07, 6.45) is -0.539. The fourth-order valence-electron chi connectivity index (χ4n) is 1.68. The first-order valence-corrected chi connectivity index (χ1v) is 6.34. The molecular weight excluding hydrogens is 286 g/mol. The highest BCUT2D eigenvalue weighted by Gasteiger charge is 2.30. The Morgan fingerprint density at radius 2 is 2.15 bits per heavy atom. The Kier molecular flexibility index (Phi) is 4.57. The topological polar surface area (TPSA) is 81.7 Å². The molecule has 6 nitrogen and oxygen atoms in total. The van der Waals surface area contributed by atoms with Crippen molar-refractivity contribution in [2.75, 3.05) is 13.2 Å². The molecule has 1 atom stereocenters. The van der Waals surface area contributed by atoms with Crippen molar-refractivity contribution in [3.05, 3.63) is 34.9 Å². The summed E-state index contributed by atoms with van der Waals surface area (Å²) in [6, 6.07) is 6.47. The number of halogens is 1. The van der Waals surface area contributed by atoms with Crippen LogP contribution in [-0.4, -0.2) is 37.1 Å². The molecule has 20 heavy (non-hydrogen) atoms. The van der Waals surface area contributed by atoms with Crippen molar-refractivity contribution in [2.45, 2.75) is 12.5 Å². The smallest absolute Gasteiger partial charge is 0.347 e. The first kappa shape index (κ1) is 14.3. The number of cyclic esters (lactones) is 1. The van der Waals surface area contributed by atoms with Crippen LogP contribution in [0.15, 0.2) is 24.3 Å². The van der Waals surface area contributed by atoms with Gasteiger partial charge in [-0.2, -0.15) is 0 Å². The Morgan fingerprint density at radius 3 is 2.80 bits per heavy atom. The quantitative estimate of drug-likeness (QED) is 0.836. The minimum atomic E-state index is -0.875. The summed E-state index contributed by atoms with van der Waals surface area (Å²) >= 11 is 5.85. The van der Waals surface area contributed by atoms with Crippen LogP contribution in [0, 0.1) is 0 Å². The van der Waals surface area contributed by atoms with Gasteiger partial charge in [0, 0.05) is 6.42 Å². The van der Waals surface area contributed by atoms with E-state index in [1.807, 2.05) is 0 Å². The van der Waals surface area contributed by atoms with Gasteiger partial charge in [0.1, 0.15) is 6.54 Å². The zero-order valence-electron chi connectivity index (χ0n) is 10.4. The maximum Gasteiger partial charge on any atom is 0.347 e. The largest absolute Gasteiger partial charge is 0.463 e. The van der Waals surface area contributed by atoms with Gasteiger partial charge in [0.05, 0.1) is 17.2 Å². The number of nitrogens with one attached hydrogen (secondary N) is 1. The summed E-state index contributed by atoms with van der Waals surface area (Å²) in [5, 5.41) is 2.67. The first-order chi connectivity index (χ1) is 9.58. The average molecular weight is 298 g/mol. The summed E-state index contributed by atoms with van der Waals surface area (Å²) in [6.45, 7) is -0.101. The molecule has 1 N–H and O–H groups in total. The minimum Gasteiger partial charge on any atom is -0.463 e. The molecule has 2 rings (SSSR count). The van der Waals surface area contributed by atoms with Gasteiger partial charge in [-0.05, 0) is 12.1 Å². The van der Waals surface area contributed by atoms with Crippen LogP contribution in [0.25, 0.3) is 0 Å². The van der Waals surface area contributed by atoms with Crippen LogP contribution in [0.5, 0.6) is 0 Å². The summed E-state index contributed by atoms with van der Waals surface area (Å²) < 4.78 is 9.53. The van der Waals surface area contributed by atoms with Gasteiger partial charge in [-0.15, -0.1) is 0 Å². The molecule has 1 heterocycles. The predicted octanol–water partition coefficient (Wildman–Crippen LogP) is 0.929. The highest BCUT2D eigenvalue weighted by Crippen LogP contribution is 2.14. The molecule has 0 aromatic heterocycles. The number of hydrogen-bond donors (Lipinski definition) is 1. The van der Waals surface area contributed by atoms with E-state index in [0.717, 1.165) is 0 Å². The summed E-state index contributed by atoms with van der Waals surface area (Å²) in [4.78, 5) is 34.4. The van der Waals surface area contributed by atoms with Gasteiger partial charge in [-0.25, -0.2) is 4.79 Å². The van der Waals surface area contributed by atoms with Crippen molar-refractivity contribution >= 4 is 29.4 Å². The number of esters is 2. The van der Waals surface area contributed by atoms with E-state index in [2.05, 4.69) is 10.1 Å². The Labute approximate surface area is 120 Å². The molecule has 1 saturated heterocycles. The van der Waals surface area contributed by atoms with Crippen LogP contribution in [0.2, 0.25) is 5.02 Å². The van der Waals surface area contributed by atoms with E-state index in [4.69, 9.17) is 16.3 Å². The van der Waals surface area contributed by atoms with Crippen LogP contribution in [0.1, 0.15) is 16.8 Å². The molecule has 1 amide bonds. The molecule has 0 spiro atoms. The van der Waals surface area contributed by atoms with E-state index in [0.29, 0.717) is 6.42 Å². The summed E-state index contributed by atoms with van der Waals surface area (Å²) in [7, 11) is 0. The van der Waals surface area contributed by atoms with E-state index in [1.54, 1.807) is 18.2 Å². The molecule has 0 aliphatic carbocycles. The molecule has 1 aromatic carbocycles. The Balaban J connectivity index is 1.83. The van der Waals surface area contributed by atoms with E-state index in [-0.39, 0.29) is 23.7 Å². The molecule has 0 radical (unpaired) electrons. The molecule has 1 aliphatic rings.